The van der Waals surface area contributed by atoms with Gasteiger partial charge in [0.25, 0.3) is 0 Å². The molecule has 3 aromatic rings. The number of hydrogen-bond acceptors (Lipinski definition) is 4. The minimum absolute atomic E-state index is 0.146. The van der Waals surface area contributed by atoms with Crippen LogP contribution in [0.3, 0.4) is 0 Å². The topological polar surface area (TPSA) is 37.6 Å². The van der Waals surface area contributed by atoms with Crippen LogP contribution in [0.1, 0.15) is 37.5 Å². The van der Waals surface area contributed by atoms with Crippen molar-refractivity contribution in [3.63, 3.8) is 0 Å². The highest BCUT2D eigenvalue weighted by molar-refractivity contribution is 5.83. The molecule has 4 heteroatoms. The first-order valence-electron chi connectivity index (χ1n) is 10.5. The Bertz CT molecular complexity index is 966. The molecular formula is C25H30N2O2. The number of furan rings is 1. The highest BCUT2D eigenvalue weighted by atomic mass is 16.5. The van der Waals surface area contributed by atoms with E-state index in [4.69, 9.17) is 9.15 Å². The number of rotatable bonds is 6. The summed E-state index contributed by atoms with van der Waals surface area (Å²) >= 11 is 0. The molecule has 1 saturated heterocycles. The lowest BCUT2D eigenvalue weighted by atomic mass is 10.0. The van der Waals surface area contributed by atoms with Gasteiger partial charge in [0.15, 0.2) is 0 Å². The van der Waals surface area contributed by atoms with Crippen LogP contribution in [-0.2, 0) is 0 Å². The fourth-order valence-electron chi connectivity index (χ4n) is 3.83. The first kappa shape index (κ1) is 19.6. The first-order chi connectivity index (χ1) is 14.1. The number of nitrogens with zero attached hydrogens (tertiary/aromatic N) is 1. The summed E-state index contributed by atoms with van der Waals surface area (Å²) in [6, 6.07) is 17.0. The van der Waals surface area contributed by atoms with Crippen molar-refractivity contribution < 1.29 is 9.15 Å². The van der Waals surface area contributed by atoms with E-state index in [1.807, 2.05) is 32.3 Å². The zero-order valence-corrected chi connectivity index (χ0v) is 17.5. The van der Waals surface area contributed by atoms with Crippen LogP contribution in [0.2, 0.25) is 0 Å². The van der Waals surface area contributed by atoms with Crippen molar-refractivity contribution in [1.82, 2.24) is 5.32 Å². The van der Waals surface area contributed by atoms with Crippen molar-refractivity contribution >= 4 is 28.8 Å². The van der Waals surface area contributed by atoms with Crippen molar-refractivity contribution in [3.8, 4) is 5.75 Å². The largest absolute Gasteiger partial charge is 0.489 e. The third-order valence-electron chi connectivity index (χ3n) is 5.60. The average Bonchev–Trinajstić information content (AvgIpc) is 3.15. The molecule has 0 aliphatic carbocycles. The number of nitrogens with one attached hydrogen (secondary N) is 1. The van der Waals surface area contributed by atoms with E-state index in [-0.39, 0.29) is 6.10 Å². The lowest BCUT2D eigenvalue weighted by molar-refractivity contribution is 0.153. The minimum atomic E-state index is 0.146. The summed E-state index contributed by atoms with van der Waals surface area (Å²) in [5.41, 5.74) is 3.19. The van der Waals surface area contributed by atoms with E-state index in [0.717, 1.165) is 34.6 Å². The average molecular weight is 391 g/mol. The molecule has 1 aliphatic heterocycles. The van der Waals surface area contributed by atoms with Gasteiger partial charge in [0, 0.05) is 37.3 Å². The number of hydrogen-bond donors (Lipinski definition) is 1. The Morgan fingerprint density at radius 3 is 2.62 bits per heavy atom. The number of benzene rings is 2. The molecule has 29 heavy (non-hydrogen) atoms. The van der Waals surface area contributed by atoms with Gasteiger partial charge >= 0.3 is 0 Å². The molecule has 0 saturated carbocycles. The monoisotopic (exact) mass is 390 g/mol. The van der Waals surface area contributed by atoms with Crippen LogP contribution < -0.4 is 15.0 Å². The number of ether oxygens (including phenoxy) is 1. The second-order valence-corrected chi connectivity index (χ2v) is 8.05. The SMILES string of the molecule is CC(Oc1ccc2cc(C=Cc3ccc(N(C)C)cc3)oc2c1)C1CCCCN1. The van der Waals surface area contributed by atoms with Crippen LogP contribution >= 0.6 is 0 Å². The van der Waals surface area contributed by atoms with Crippen LogP contribution in [0.5, 0.6) is 5.75 Å². The maximum Gasteiger partial charge on any atom is 0.138 e. The van der Waals surface area contributed by atoms with Crippen LogP contribution in [0.4, 0.5) is 5.69 Å². The van der Waals surface area contributed by atoms with Crippen LogP contribution in [-0.4, -0.2) is 32.8 Å². The lowest BCUT2D eigenvalue weighted by Gasteiger charge is -2.29. The number of piperidine rings is 1. The van der Waals surface area contributed by atoms with E-state index in [1.165, 1.54) is 24.9 Å². The minimum Gasteiger partial charge on any atom is -0.489 e. The Labute approximate surface area is 173 Å². The molecule has 1 aliphatic rings. The maximum atomic E-state index is 6.19. The van der Waals surface area contributed by atoms with E-state index in [2.05, 4.69) is 59.6 Å². The molecule has 152 valence electrons. The maximum absolute atomic E-state index is 6.19. The quantitative estimate of drug-likeness (QED) is 0.596. The van der Waals surface area contributed by atoms with Gasteiger partial charge in [-0.15, -0.1) is 0 Å². The van der Waals surface area contributed by atoms with Crippen molar-refractivity contribution in [3.05, 3.63) is 59.9 Å². The Kier molecular flexibility index (Phi) is 5.91. The van der Waals surface area contributed by atoms with Crippen LogP contribution in [0.15, 0.2) is 52.9 Å². The number of anilines is 1. The molecule has 2 atom stereocenters. The summed E-state index contributed by atoms with van der Waals surface area (Å²) in [4.78, 5) is 2.09. The van der Waals surface area contributed by atoms with Crippen molar-refractivity contribution in [2.75, 3.05) is 25.5 Å². The van der Waals surface area contributed by atoms with Gasteiger partial charge in [-0.05, 0) is 68.3 Å². The van der Waals surface area contributed by atoms with Gasteiger partial charge in [-0.3, -0.25) is 0 Å². The standard InChI is InChI=1S/C25H30N2O2/c1-18(24-6-4-5-15-26-24)28-23-14-10-20-16-22(29-25(20)17-23)13-9-19-7-11-21(12-8-19)27(2)3/h7-14,16-18,24,26H,4-6,15H2,1-3H3. The van der Waals surface area contributed by atoms with Crippen molar-refractivity contribution in [1.29, 1.82) is 0 Å². The summed E-state index contributed by atoms with van der Waals surface area (Å²) in [6.45, 7) is 3.23. The molecular weight excluding hydrogens is 360 g/mol. The third kappa shape index (κ3) is 4.83. The molecule has 4 rings (SSSR count). The van der Waals surface area contributed by atoms with Gasteiger partial charge in [0.2, 0.25) is 0 Å². The molecule has 1 fully saturated rings. The van der Waals surface area contributed by atoms with Gasteiger partial charge in [-0.2, -0.15) is 0 Å². The van der Waals surface area contributed by atoms with Crippen molar-refractivity contribution in [2.45, 2.75) is 38.3 Å². The zero-order valence-electron chi connectivity index (χ0n) is 17.5. The van der Waals surface area contributed by atoms with Gasteiger partial charge in [0.05, 0.1) is 0 Å². The molecule has 1 N–H and O–H groups in total. The zero-order chi connectivity index (χ0) is 20.2. The Hall–Kier alpha value is -2.72. The molecule has 2 aromatic carbocycles. The van der Waals surface area contributed by atoms with Gasteiger partial charge in [-0.1, -0.05) is 24.6 Å². The van der Waals surface area contributed by atoms with E-state index < -0.39 is 0 Å². The molecule has 0 radical (unpaired) electrons. The first-order valence-corrected chi connectivity index (χ1v) is 10.5. The fraction of sp³-hybridized carbons (Fsp3) is 0.360. The van der Waals surface area contributed by atoms with Crippen LogP contribution in [0.25, 0.3) is 23.1 Å². The second-order valence-electron chi connectivity index (χ2n) is 8.05. The lowest BCUT2D eigenvalue weighted by Crippen LogP contribution is -2.44. The Balaban J connectivity index is 1.45. The predicted molar refractivity (Wildman–Crippen MR) is 122 cm³/mol. The fourth-order valence-corrected chi connectivity index (χ4v) is 3.83. The van der Waals surface area contributed by atoms with E-state index >= 15 is 0 Å². The van der Waals surface area contributed by atoms with Gasteiger partial charge in [-0.25, -0.2) is 0 Å². The summed E-state index contributed by atoms with van der Waals surface area (Å²) in [5.74, 6) is 1.71. The van der Waals surface area contributed by atoms with Gasteiger partial charge in [0.1, 0.15) is 23.2 Å². The van der Waals surface area contributed by atoms with E-state index in [0.29, 0.717) is 6.04 Å². The predicted octanol–water partition coefficient (Wildman–Crippen LogP) is 5.58. The van der Waals surface area contributed by atoms with Gasteiger partial charge < -0.3 is 19.4 Å². The molecule has 1 aromatic heterocycles. The molecule has 0 bridgehead atoms. The summed E-state index contributed by atoms with van der Waals surface area (Å²) < 4.78 is 12.2. The van der Waals surface area contributed by atoms with Crippen molar-refractivity contribution in [2.24, 2.45) is 0 Å². The summed E-state index contributed by atoms with van der Waals surface area (Å²) in [5, 5.41) is 4.65. The Morgan fingerprint density at radius 2 is 1.90 bits per heavy atom. The highest BCUT2D eigenvalue weighted by Gasteiger charge is 2.21. The normalized spacial score (nSPS) is 18.2. The molecule has 4 nitrogen and oxygen atoms in total. The Morgan fingerprint density at radius 1 is 1.07 bits per heavy atom. The van der Waals surface area contributed by atoms with E-state index in [9.17, 15) is 0 Å². The van der Waals surface area contributed by atoms with Crippen LogP contribution in [0, 0.1) is 0 Å². The third-order valence-corrected chi connectivity index (χ3v) is 5.60. The molecule has 2 heterocycles. The number of fused-ring (bicyclic) bond motifs is 1. The summed E-state index contributed by atoms with van der Waals surface area (Å²) in [7, 11) is 4.09. The smallest absolute Gasteiger partial charge is 0.138 e. The molecule has 2 unspecified atom stereocenters. The van der Waals surface area contributed by atoms with E-state index in [1.54, 1.807) is 0 Å². The molecule has 0 amide bonds. The highest BCUT2D eigenvalue weighted by Crippen LogP contribution is 2.27. The molecule has 0 spiro atoms. The summed E-state index contributed by atoms with van der Waals surface area (Å²) in [6.07, 6.45) is 7.94. The second kappa shape index (κ2) is 8.75.